The molecule has 0 spiro atoms. The SMILES string of the molecule is C/C=C(\N=C(C)C1CC1)c1ccc(C(C)=O)c(CC)c1.CC.Cc1ccccc1. The van der Waals surface area contributed by atoms with Crippen molar-refractivity contribution in [2.75, 3.05) is 0 Å². The van der Waals surface area contributed by atoms with Crippen LogP contribution < -0.4 is 0 Å². The maximum absolute atomic E-state index is 11.6. The molecule has 2 nitrogen and oxygen atoms in total. The highest BCUT2D eigenvalue weighted by Gasteiger charge is 2.24. The molecule has 156 valence electrons. The third-order valence-electron chi connectivity index (χ3n) is 4.84. The molecule has 0 N–H and O–H groups in total. The summed E-state index contributed by atoms with van der Waals surface area (Å²) in [5.41, 5.74) is 6.60. The van der Waals surface area contributed by atoms with Gasteiger partial charge < -0.3 is 0 Å². The lowest BCUT2D eigenvalue weighted by atomic mass is 9.98. The van der Waals surface area contributed by atoms with Gasteiger partial charge in [-0.15, -0.1) is 0 Å². The summed E-state index contributed by atoms with van der Waals surface area (Å²) < 4.78 is 0. The number of hydrogen-bond acceptors (Lipinski definition) is 2. The maximum Gasteiger partial charge on any atom is 0.160 e. The normalized spacial score (nSPS) is 13.6. The van der Waals surface area contributed by atoms with Crippen LogP contribution in [0.25, 0.3) is 5.70 Å². The first kappa shape index (κ1) is 24.6. The molecule has 0 unspecified atom stereocenters. The van der Waals surface area contributed by atoms with Crippen molar-refractivity contribution in [3.8, 4) is 0 Å². The molecule has 1 fully saturated rings. The fraction of sp³-hybridized carbons (Fsp3) is 0.407. The van der Waals surface area contributed by atoms with Gasteiger partial charge in [0.25, 0.3) is 0 Å². The summed E-state index contributed by atoms with van der Waals surface area (Å²) in [6, 6.07) is 16.3. The fourth-order valence-corrected chi connectivity index (χ4v) is 3.00. The van der Waals surface area contributed by atoms with E-state index in [0.717, 1.165) is 28.8 Å². The molecule has 29 heavy (non-hydrogen) atoms. The number of nitrogens with zero attached hydrogens (tertiary/aromatic N) is 1. The predicted molar refractivity (Wildman–Crippen MR) is 128 cm³/mol. The molecule has 0 aromatic heterocycles. The van der Waals surface area contributed by atoms with E-state index in [9.17, 15) is 4.79 Å². The monoisotopic (exact) mass is 391 g/mol. The van der Waals surface area contributed by atoms with E-state index in [4.69, 9.17) is 4.99 Å². The fourth-order valence-electron chi connectivity index (χ4n) is 3.00. The quantitative estimate of drug-likeness (QED) is 0.379. The van der Waals surface area contributed by atoms with E-state index in [-0.39, 0.29) is 5.78 Å². The summed E-state index contributed by atoms with van der Waals surface area (Å²) in [6.07, 6.45) is 5.46. The Hall–Kier alpha value is -2.48. The number of carbonyl (C=O) groups is 1. The summed E-state index contributed by atoms with van der Waals surface area (Å²) >= 11 is 0. The first-order chi connectivity index (χ1) is 14.0. The predicted octanol–water partition coefficient (Wildman–Crippen LogP) is 7.70. The van der Waals surface area contributed by atoms with E-state index in [1.807, 2.05) is 57.2 Å². The van der Waals surface area contributed by atoms with Gasteiger partial charge in [0.05, 0.1) is 5.70 Å². The van der Waals surface area contributed by atoms with E-state index in [1.54, 1.807) is 6.92 Å². The Bertz CT molecular complexity index is 827. The van der Waals surface area contributed by atoms with Crippen molar-refractivity contribution < 1.29 is 4.79 Å². The standard InChI is InChI=1S/C18H23NO.C7H8.C2H6/c1-5-14-11-16(9-10-17(14)13(4)20)18(6-2)19-12(3)15-7-8-15;1-7-5-3-2-4-6-7;1-2/h6,9-11,15H,5,7-8H2,1-4H3;2-6H,1H3;1-2H3/b18-6-,19-12?;;. The molecular weight excluding hydrogens is 354 g/mol. The molecule has 0 bridgehead atoms. The molecular formula is C27H37NO. The van der Waals surface area contributed by atoms with Crippen molar-refractivity contribution in [3.63, 3.8) is 0 Å². The number of allylic oxidation sites excluding steroid dienone is 1. The summed E-state index contributed by atoms with van der Waals surface area (Å²) in [7, 11) is 0. The third kappa shape index (κ3) is 8.19. The number of aryl methyl sites for hydroxylation is 2. The number of carbonyl (C=O) groups excluding carboxylic acids is 1. The van der Waals surface area contributed by atoms with Gasteiger partial charge in [-0.25, -0.2) is 0 Å². The van der Waals surface area contributed by atoms with Crippen molar-refractivity contribution in [1.29, 1.82) is 0 Å². The highest BCUT2D eigenvalue weighted by molar-refractivity contribution is 5.96. The Morgan fingerprint density at radius 3 is 2.10 bits per heavy atom. The second kappa shape index (κ2) is 12.9. The average Bonchev–Trinajstić information content (AvgIpc) is 3.59. The maximum atomic E-state index is 11.6. The van der Waals surface area contributed by atoms with Crippen LogP contribution in [0.1, 0.15) is 81.4 Å². The lowest BCUT2D eigenvalue weighted by Gasteiger charge is -2.09. The van der Waals surface area contributed by atoms with Crippen LogP contribution in [-0.4, -0.2) is 11.5 Å². The summed E-state index contributed by atoms with van der Waals surface area (Å²) in [6.45, 7) is 13.9. The minimum Gasteiger partial charge on any atom is -0.295 e. The molecule has 1 saturated carbocycles. The topological polar surface area (TPSA) is 29.4 Å². The first-order valence-electron chi connectivity index (χ1n) is 10.8. The van der Waals surface area contributed by atoms with Crippen LogP contribution in [0.2, 0.25) is 0 Å². The number of Topliss-reactive ketones (excluding diaryl/α,β-unsaturated/α-hetero) is 1. The van der Waals surface area contributed by atoms with Crippen LogP contribution in [0.3, 0.4) is 0 Å². The Morgan fingerprint density at radius 2 is 1.69 bits per heavy atom. The number of aliphatic imine (C=N–C) groups is 1. The Morgan fingerprint density at radius 1 is 1.07 bits per heavy atom. The minimum atomic E-state index is 0.132. The summed E-state index contributed by atoms with van der Waals surface area (Å²) in [4.78, 5) is 16.4. The molecule has 0 aliphatic heterocycles. The smallest absolute Gasteiger partial charge is 0.160 e. The molecule has 0 saturated heterocycles. The van der Waals surface area contributed by atoms with Crippen LogP contribution in [-0.2, 0) is 6.42 Å². The van der Waals surface area contributed by atoms with E-state index in [2.05, 4.69) is 39.0 Å². The lowest BCUT2D eigenvalue weighted by Crippen LogP contribution is -2.00. The zero-order valence-corrected chi connectivity index (χ0v) is 19.3. The lowest BCUT2D eigenvalue weighted by molar-refractivity contribution is 0.101. The van der Waals surface area contributed by atoms with Crippen LogP contribution in [0, 0.1) is 12.8 Å². The Labute approximate surface area is 177 Å². The third-order valence-corrected chi connectivity index (χ3v) is 4.84. The molecule has 2 aromatic carbocycles. The van der Waals surface area contributed by atoms with Crippen molar-refractivity contribution in [3.05, 3.63) is 76.9 Å². The molecule has 1 aliphatic carbocycles. The molecule has 1 aliphatic rings. The van der Waals surface area contributed by atoms with Crippen molar-refractivity contribution >= 4 is 17.2 Å². The minimum absolute atomic E-state index is 0.132. The van der Waals surface area contributed by atoms with Gasteiger partial charge in [0, 0.05) is 16.8 Å². The zero-order valence-electron chi connectivity index (χ0n) is 19.3. The van der Waals surface area contributed by atoms with E-state index < -0.39 is 0 Å². The largest absolute Gasteiger partial charge is 0.295 e. The van der Waals surface area contributed by atoms with E-state index in [0.29, 0.717) is 5.92 Å². The highest BCUT2D eigenvalue weighted by Crippen LogP contribution is 2.32. The van der Waals surface area contributed by atoms with Crippen LogP contribution >= 0.6 is 0 Å². The number of hydrogen-bond donors (Lipinski definition) is 0. The number of benzene rings is 2. The molecule has 0 amide bonds. The van der Waals surface area contributed by atoms with E-state index >= 15 is 0 Å². The first-order valence-corrected chi connectivity index (χ1v) is 10.8. The second-order valence-electron chi connectivity index (χ2n) is 7.14. The van der Waals surface area contributed by atoms with Crippen molar-refractivity contribution in [2.45, 2.75) is 67.7 Å². The van der Waals surface area contributed by atoms with Crippen molar-refractivity contribution in [1.82, 2.24) is 0 Å². The Kier molecular flexibility index (Phi) is 10.9. The summed E-state index contributed by atoms with van der Waals surface area (Å²) in [5.74, 6) is 0.820. The van der Waals surface area contributed by atoms with E-state index in [1.165, 1.54) is 24.1 Å². The van der Waals surface area contributed by atoms with Gasteiger partial charge in [-0.05, 0) is 64.5 Å². The van der Waals surface area contributed by atoms with Crippen LogP contribution in [0.4, 0.5) is 0 Å². The summed E-state index contributed by atoms with van der Waals surface area (Å²) in [5, 5.41) is 0. The number of rotatable bonds is 5. The average molecular weight is 392 g/mol. The molecule has 2 aromatic rings. The molecule has 0 atom stereocenters. The van der Waals surface area contributed by atoms with Gasteiger partial charge in [-0.3, -0.25) is 9.79 Å². The van der Waals surface area contributed by atoms with Gasteiger partial charge in [-0.1, -0.05) is 74.9 Å². The van der Waals surface area contributed by atoms with Gasteiger partial charge >= 0.3 is 0 Å². The highest BCUT2D eigenvalue weighted by atomic mass is 16.1. The number of ketones is 1. The van der Waals surface area contributed by atoms with Gasteiger partial charge in [0.15, 0.2) is 5.78 Å². The molecule has 0 radical (unpaired) electrons. The molecule has 3 rings (SSSR count). The zero-order chi connectivity index (χ0) is 21.8. The second-order valence-corrected chi connectivity index (χ2v) is 7.14. The Balaban J connectivity index is 0.000000390. The van der Waals surface area contributed by atoms with Crippen LogP contribution in [0.15, 0.2) is 59.6 Å². The molecule has 0 heterocycles. The molecule has 2 heteroatoms. The van der Waals surface area contributed by atoms with Gasteiger partial charge in [0.2, 0.25) is 0 Å². The van der Waals surface area contributed by atoms with Gasteiger partial charge in [0.1, 0.15) is 0 Å². The van der Waals surface area contributed by atoms with Crippen LogP contribution in [0.5, 0.6) is 0 Å². The van der Waals surface area contributed by atoms with Gasteiger partial charge in [-0.2, -0.15) is 0 Å². The van der Waals surface area contributed by atoms with Crippen molar-refractivity contribution in [2.24, 2.45) is 10.9 Å².